The predicted octanol–water partition coefficient (Wildman–Crippen LogP) is 2.09. The maximum absolute atomic E-state index is 12.4. The molecule has 0 aromatic carbocycles. The minimum Gasteiger partial charge on any atom is -0.333 e. The second-order valence-electron chi connectivity index (χ2n) is 6.56. The molecule has 0 bridgehead atoms. The summed E-state index contributed by atoms with van der Waals surface area (Å²) >= 11 is 2.89. The Kier molecular flexibility index (Phi) is 6.53. The van der Waals surface area contributed by atoms with Crippen LogP contribution in [0.5, 0.6) is 0 Å². The monoisotopic (exact) mass is 428 g/mol. The number of nitrogens with one attached hydrogen (secondary N) is 1. The topological polar surface area (TPSA) is 73.0 Å². The summed E-state index contributed by atoms with van der Waals surface area (Å²) in [4.78, 5) is 17.4. The third-order valence-electron chi connectivity index (χ3n) is 4.43. The van der Waals surface area contributed by atoms with Crippen LogP contribution in [0.3, 0.4) is 0 Å². The van der Waals surface area contributed by atoms with Gasteiger partial charge in [-0.05, 0) is 34.5 Å². The number of carbonyl (C=O) groups is 1. The van der Waals surface area contributed by atoms with E-state index in [4.69, 9.17) is 0 Å². The number of urea groups is 1. The molecule has 10 heteroatoms. The third-order valence-corrected chi connectivity index (χ3v) is 8.53. The number of nitrogens with zero attached hydrogens (tertiary/aromatic N) is 3. The van der Waals surface area contributed by atoms with Crippen LogP contribution in [0.15, 0.2) is 33.2 Å². The number of rotatable bonds is 6. The number of sulfonamides is 1. The van der Waals surface area contributed by atoms with Gasteiger partial charge in [0.2, 0.25) is 0 Å². The number of piperazine rings is 1. The zero-order valence-corrected chi connectivity index (χ0v) is 17.9. The Labute approximate surface area is 168 Å². The van der Waals surface area contributed by atoms with Crippen molar-refractivity contribution >= 4 is 38.7 Å². The van der Waals surface area contributed by atoms with Crippen molar-refractivity contribution in [3.8, 4) is 0 Å². The van der Waals surface area contributed by atoms with E-state index < -0.39 is 10.0 Å². The Morgan fingerprint density at radius 3 is 2.56 bits per heavy atom. The van der Waals surface area contributed by atoms with Crippen LogP contribution in [0, 0.1) is 0 Å². The molecule has 148 valence electrons. The summed E-state index contributed by atoms with van der Waals surface area (Å²) < 4.78 is 25.7. The fraction of sp³-hybridized carbons (Fsp3) is 0.471. The average Bonchev–Trinajstić information content (AvgIpc) is 3.32. The quantitative estimate of drug-likeness (QED) is 0.765. The van der Waals surface area contributed by atoms with Crippen LogP contribution in [0.1, 0.15) is 10.4 Å². The van der Waals surface area contributed by atoms with Crippen LogP contribution in [0.25, 0.3) is 0 Å². The third kappa shape index (κ3) is 5.08. The maximum Gasteiger partial charge on any atom is 0.317 e. The molecule has 27 heavy (non-hydrogen) atoms. The summed E-state index contributed by atoms with van der Waals surface area (Å²) in [6.07, 6.45) is 0. The molecule has 1 fully saturated rings. The molecule has 0 atom stereocenters. The van der Waals surface area contributed by atoms with Gasteiger partial charge in [-0.3, -0.25) is 4.90 Å². The van der Waals surface area contributed by atoms with Gasteiger partial charge in [0.05, 0.1) is 6.54 Å². The first-order valence-corrected chi connectivity index (χ1v) is 11.8. The van der Waals surface area contributed by atoms with E-state index in [1.165, 1.54) is 35.3 Å². The van der Waals surface area contributed by atoms with Crippen LogP contribution in [-0.4, -0.2) is 68.8 Å². The number of hydrogen-bond donors (Lipinski definition) is 1. The van der Waals surface area contributed by atoms with Crippen molar-refractivity contribution in [3.63, 3.8) is 0 Å². The van der Waals surface area contributed by atoms with Crippen molar-refractivity contribution < 1.29 is 13.2 Å². The van der Waals surface area contributed by atoms with E-state index in [0.29, 0.717) is 23.8 Å². The van der Waals surface area contributed by atoms with Crippen LogP contribution < -0.4 is 5.32 Å². The Morgan fingerprint density at radius 1 is 1.19 bits per heavy atom. The van der Waals surface area contributed by atoms with Crippen molar-refractivity contribution in [2.45, 2.75) is 17.3 Å². The van der Waals surface area contributed by atoms with Gasteiger partial charge in [-0.1, -0.05) is 0 Å². The molecule has 1 aliphatic heterocycles. The summed E-state index contributed by atoms with van der Waals surface area (Å²) in [6.45, 7) is 4.36. The van der Waals surface area contributed by atoms with Gasteiger partial charge in [-0.2, -0.15) is 11.3 Å². The van der Waals surface area contributed by atoms with Crippen LogP contribution in [0.2, 0.25) is 0 Å². The van der Waals surface area contributed by atoms with Crippen molar-refractivity contribution in [1.29, 1.82) is 0 Å². The molecule has 1 saturated heterocycles. The van der Waals surface area contributed by atoms with Crippen LogP contribution in [0.4, 0.5) is 4.79 Å². The predicted molar refractivity (Wildman–Crippen MR) is 109 cm³/mol. The van der Waals surface area contributed by atoms with Gasteiger partial charge in [-0.25, -0.2) is 17.5 Å². The molecule has 2 aromatic heterocycles. The smallest absolute Gasteiger partial charge is 0.317 e. The van der Waals surface area contributed by atoms with Gasteiger partial charge in [0, 0.05) is 51.7 Å². The molecule has 0 unspecified atom stereocenters. The SMILES string of the molecule is CN(C)S(=O)(=O)c1ccc(CNC(=O)N2CCN(Cc3ccsc3)CC2)s1. The molecule has 2 amide bonds. The highest BCUT2D eigenvalue weighted by molar-refractivity contribution is 7.91. The van der Waals surface area contributed by atoms with E-state index in [1.54, 1.807) is 23.5 Å². The molecule has 0 spiro atoms. The van der Waals surface area contributed by atoms with E-state index in [1.807, 2.05) is 4.90 Å². The molecular formula is C17H24N4O3S3. The fourth-order valence-electron chi connectivity index (χ4n) is 2.80. The summed E-state index contributed by atoms with van der Waals surface area (Å²) in [5, 5.41) is 7.13. The number of hydrogen-bond acceptors (Lipinski definition) is 6. The van der Waals surface area contributed by atoms with Gasteiger partial charge >= 0.3 is 6.03 Å². The highest BCUT2D eigenvalue weighted by atomic mass is 32.2. The van der Waals surface area contributed by atoms with Crippen LogP contribution in [-0.2, 0) is 23.1 Å². The number of amides is 2. The zero-order chi connectivity index (χ0) is 19.4. The molecule has 0 aliphatic carbocycles. The van der Waals surface area contributed by atoms with Gasteiger partial charge in [0.15, 0.2) is 0 Å². The summed E-state index contributed by atoms with van der Waals surface area (Å²) in [7, 11) is -0.402. The highest BCUT2D eigenvalue weighted by Gasteiger charge is 2.22. The second-order valence-corrected chi connectivity index (χ2v) is 10.9. The van der Waals surface area contributed by atoms with E-state index in [0.717, 1.165) is 24.5 Å². The summed E-state index contributed by atoms with van der Waals surface area (Å²) in [5.41, 5.74) is 1.32. The Morgan fingerprint density at radius 2 is 1.93 bits per heavy atom. The Bertz CT molecular complexity index is 854. The van der Waals surface area contributed by atoms with E-state index >= 15 is 0 Å². The summed E-state index contributed by atoms with van der Waals surface area (Å²) in [6, 6.07) is 5.37. The first-order valence-electron chi connectivity index (χ1n) is 8.64. The molecule has 1 aliphatic rings. The van der Waals surface area contributed by atoms with Crippen molar-refractivity contribution in [2.24, 2.45) is 0 Å². The number of carbonyl (C=O) groups excluding carboxylic acids is 1. The molecule has 0 radical (unpaired) electrons. The molecular weight excluding hydrogens is 404 g/mol. The lowest BCUT2D eigenvalue weighted by Gasteiger charge is -2.34. The average molecular weight is 429 g/mol. The Hall–Kier alpha value is -1.46. The lowest BCUT2D eigenvalue weighted by atomic mass is 10.2. The first-order chi connectivity index (χ1) is 12.9. The lowest BCUT2D eigenvalue weighted by Crippen LogP contribution is -2.51. The summed E-state index contributed by atoms with van der Waals surface area (Å²) in [5.74, 6) is 0. The maximum atomic E-state index is 12.4. The molecule has 2 aromatic rings. The molecule has 0 saturated carbocycles. The second kappa shape index (κ2) is 8.70. The largest absolute Gasteiger partial charge is 0.333 e. The van der Waals surface area contributed by atoms with Crippen molar-refractivity contribution in [3.05, 3.63) is 39.4 Å². The standard InChI is InChI=1S/C17H24N4O3S3/c1-19(2)27(23,24)16-4-3-15(26-16)11-18-17(22)21-8-6-20(7-9-21)12-14-5-10-25-13-14/h3-5,10,13H,6-9,11-12H2,1-2H3,(H,18,22). The minimum atomic E-state index is -3.42. The van der Waals surface area contributed by atoms with Gasteiger partial charge in [0.25, 0.3) is 10.0 Å². The van der Waals surface area contributed by atoms with E-state index in [2.05, 4.69) is 27.0 Å². The van der Waals surface area contributed by atoms with Gasteiger partial charge in [0.1, 0.15) is 4.21 Å². The van der Waals surface area contributed by atoms with Gasteiger partial charge < -0.3 is 10.2 Å². The zero-order valence-electron chi connectivity index (χ0n) is 15.4. The van der Waals surface area contributed by atoms with E-state index in [9.17, 15) is 13.2 Å². The highest BCUT2D eigenvalue weighted by Crippen LogP contribution is 2.23. The normalized spacial score (nSPS) is 16.0. The molecule has 3 heterocycles. The minimum absolute atomic E-state index is 0.101. The molecule has 1 N–H and O–H groups in total. The first kappa shape index (κ1) is 20.3. The lowest BCUT2D eigenvalue weighted by molar-refractivity contribution is 0.135. The fourth-order valence-corrected chi connectivity index (χ4v) is 5.92. The number of thiophene rings is 2. The Balaban J connectivity index is 1.46. The van der Waals surface area contributed by atoms with Crippen LogP contribution >= 0.6 is 22.7 Å². The van der Waals surface area contributed by atoms with Crippen molar-refractivity contribution in [2.75, 3.05) is 40.3 Å². The molecule has 3 rings (SSSR count). The molecule has 7 nitrogen and oxygen atoms in total. The van der Waals surface area contributed by atoms with E-state index in [-0.39, 0.29) is 6.03 Å². The van der Waals surface area contributed by atoms with Crippen molar-refractivity contribution in [1.82, 2.24) is 19.4 Å². The van der Waals surface area contributed by atoms with Gasteiger partial charge in [-0.15, -0.1) is 11.3 Å².